The minimum Gasteiger partial charge on any atom is -0.367 e. The molecular weight excluding hydrogens is 242 g/mol. The first-order valence-corrected chi connectivity index (χ1v) is 7.00. The summed E-state index contributed by atoms with van der Waals surface area (Å²) in [7, 11) is 0. The third-order valence-electron chi connectivity index (χ3n) is 3.88. The third-order valence-corrected chi connectivity index (χ3v) is 3.88. The summed E-state index contributed by atoms with van der Waals surface area (Å²) in [6.07, 6.45) is 6.24. The molecule has 0 aromatic carbocycles. The number of anilines is 1. The molecule has 6 nitrogen and oxygen atoms in total. The first-order chi connectivity index (χ1) is 9.06. The zero-order valence-electron chi connectivity index (χ0n) is 11.7. The van der Waals surface area contributed by atoms with Gasteiger partial charge in [0.2, 0.25) is 11.9 Å². The van der Waals surface area contributed by atoms with Crippen LogP contribution in [0.3, 0.4) is 0 Å². The zero-order chi connectivity index (χ0) is 13.8. The van der Waals surface area contributed by atoms with Gasteiger partial charge < -0.3 is 11.1 Å². The number of nitrogen functional groups attached to an aromatic ring is 1. The van der Waals surface area contributed by atoms with Crippen molar-refractivity contribution in [2.24, 2.45) is 11.8 Å². The standard InChI is InChI=1S/C13H23N5O/c1-9(2)10-5-3-4-6-11(10)16-12(19)7-18-8-15-13(14)17-18/h8-11H,3-7H2,1-2H3,(H2,14,17)(H,16,19). The van der Waals surface area contributed by atoms with E-state index >= 15 is 0 Å². The number of nitrogens with two attached hydrogens (primary N) is 1. The first-order valence-electron chi connectivity index (χ1n) is 7.00. The van der Waals surface area contributed by atoms with Crippen molar-refractivity contribution in [2.45, 2.75) is 52.1 Å². The third kappa shape index (κ3) is 3.68. The molecule has 1 aliphatic rings. The van der Waals surface area contributed by atoms with Crippen LogP contribution in [0.5, 0.6) is 0 Å². The van der Waals surface area contributed by atoms with E-state index in [2.05, 4.69) is 29.2 Å². The summed E-state index contributed by atoms with van der Waals surface area (Å²) in [5.41, 5.74) is 5.43. The SMILES string of the molecule is CC(C)C1CCCCC1NC(=O)Cn1cnc(N)n1. The summed E-state index contributed by atoms with van der Waals surface area (Å²) in [6, 6.07) is 0.294. The number of hydrogen-bond donors (Lipinski definition) is 2. The van der Waals surface area contributed by atoms with Crippen LogP contribution < -0.4 is 11.1 Å². The van der Waals surface area contributed by atoms with Crippen molar-refractivity contribution in [1.82, 2.24) is 20.1 Å². The maximum atomic E-state index is 12.0. The average molecular weight is 265 g/mol. The Morgan fingerprint density at radius 3 is 2.89 bits per heavy atom. The molecule has 2 unspecified atom stereocenters. The van der Waals surface area contributed by atoms with Crippen LogP contribution in [-0.2, 0) is 11.3 Å². The molecule has 1 aliphatic carbocycles. The number of carbonyl (C=O) groups is 1. The fourth-order valence-electron chi connectivity index (χ4n) is 2.92. The molecule has 1 heterocycles. The summed E-state index contributed by atoms with van der Waals surface area (Å²) in [6.45, 7) is 4.64. The van der Waals surface area contributed by atoms with Crippen molar-refractivity contribution >= 4 is 11.9 Å². The molecule has 0 saturated heterocycles. The van der Waals surface area contributed by atoms with E-state index in [0.717, 1.165) is 6.42 Å². The molecule has 1 aromatic rings. The van der Waals surface area contributed by atoms with Crippen LogP contribution in [0.4, 0.5) is 5.95 Å². The van der Waals surface area contributed by atoms with Crippen molar-refractivity contribution in [2.75, 3.05) is 5.73 Å². The lowest BCUT2D eigenvalue weighted by atomic mass is 9.78. The molecule has 0 spiro atoms. The van der Waals surface area contributed by atoms with Crippen molar-refractivity contribution < 1.29 is 4.79 Å². The topological polar surface area (TPSA) is 85.8 Å². The van der Waals surface area contributed by atoms with E-state index in [1.54, 1.807) is 0 Å². The highest BCUT2D eigenvalue weighted by atomic mass is 16.2. The van der Waals surface area contributed by atoms with Crippen molar-refractivity contribution in [3.8, 4) is 0 Å². The number of rotatable bonds is 4. The Bertz CT molecular complexity index is 428. The lowest BCUT2D eigenvalue weighted by Gasteiger charge is -2.34. The summed E-state index contributed by atoms with van der Waals surface area (Å²) in [5.74, 6) is 1.37. The Labute approximate surface area is 113 Å². The van der Waals surface area contributed by atoms with Gasteiger partial charge in [0.1, 0.15) is 12.9 Å². The monoisotopic (exact) mass is 265 g/mol. The smallest absolute Gasteiger partial charge is 0.242 e. The van der Waals surface area contributed by atoms with Gasteiger partial charge in [-0.25, -0.2) is 9.67 Å². The molecule has 106 valence electrons. The number of nitrogens with one attached hydrogen (secondary N) is 1. The van der Waals surface area contributed by atoms with E-state index in [9.17, 15) is 4.79 Å². The van der Waals surface area contributed by atoms with E-state index in [-0.39, 0.29) is 18.4 Å². The lowest BCUT2D eigenvalue weighted by Crippen LogP contribution is -2.45. The molecule has 1 aromatic heterocycles. The van der Waals surface area contributed by atoms with Gasteiger partial charge in [0.05, 0.1) is 0 Å². The van der Waals surface area contributed by atoms with Gasteiger partial charge >= 0.3 is 0 Å². The highest BCUT2D eigenvalue weighted by Crippen LogP contribution is 2.30. The second-order valence-electron chi connectivity index (χ2n) is 5.67. The van der Waals surface area contributed by atoms with Crippen LogP contribution in [0.25, 0.3) is 0 Å². The molecule has 0 aliphatic heterocycles. The summed E-state index contributed by atoms with van der Waals surface area (Å²) in [5, 5.41) is 7.06. The largest absolute Gasteiger partial charge is 0.367 e. The van der Waals surface area contributed by atoms with E-state index in [0.29, 0.717) is 17.9 Å². The fourth-order valence-corrected chi connectivity index (χ4v) is 2.92. The number of carbonyl (C=O) groups excluding carboxylic acids is 1. The molecule has 1 saturated carbocycles. The van der Waals surface area contributed by atoms with Crippen LogP contribution in [-0.4, -0.2) is 26.7 Å². The summed E-state index contributed by atoms with van der Waals surface area (Å²) >= 11 is 0. The Morgan fingerprint density at radius 2 is 2.26 bits per heavy atom. The highest BCUT2D eigenvalue weighted by molar-refractivity contribution is 5.76. The van der Waals surface area contributed by atoms with Crippen LogP contribution >= 0.6 is 0 Å². The molecule has 1 amide bonds. The molecule has 2 atom stereocenters. The maximum Gasteiger partial charge on any atom is 0.242 e. The van der Waals surface area contributed by atoms with Gasteiger partial charge in [-0.3, -0.25) is 4.79 Å². The minimum absolute atomic E-state index is 0.0116. The zero-order valence-corrected chi connectivity index (χ0v) is 11.7. The van der Waals surface area contributed by atoms with Gasteiger partial charge in [-0.05, 0) is 24.7 Å². The van der Waals surface area contributed by atoms with Gasteiger partial charge in [-0.1, -0.05) is 26.7 Å². The normalized spacial score (nSPS) is 23.5. The number of amides is 1. The van der Waals surface area contributed by atoms with E-state index in [1.165, 1.54) is 30.3 Å². The van der Waals surface area contributed by atoms with Gasteiger partial charge in [0, 0.05) is 6.04 Å². The predicted molar refractivity (Wildman–Crippen MR) is 73.2 cm³/mol. The molecular formula is C13H23N5O. The highest BCUT2D eigenvalue weighted by Gasteiger charge is 2.28. The van der Waals surface area contributed by atoms with Gasteiger partial charge in [0.25, 0.3) is 0 Å². The molecule has 6 heteroatoms. The fraction of sp³-hybridized carbons (Fsp3) is 0.769. The van der Waals surface area contributed by atoms with Crippen molar-refractivity contribution in [1.29, 1.82) is 0 Å². The van der Waals surface area contributed by atoms with Crippen molar-refractivity contribution in [3.05, 3.63) is 6.33 Å². The Balaban J connectivity index is 1.89. The second-order valence-corrected chi connectivity index (χ2v) is 5.67. The average Bonchev–Trinajstić information content (AvgIpc) is 2.75. The lowest BCUT2D eigenvalue weighted by molar-refractivity contribution is -0.123. The van der Waals surface area contributed by atoms with Crippen LogP contribution in [0.15, 0.2) is 6.33 Å². The Hall–Kier alpha value is -1.59. The Kier molecular flexibility index (Phi) is 4.39. The van der Waals surface area contributed by atoms with E-state index in [1.807, 2.05) is 0 Å². The van der Waals surface area contributed by atoms with Crippen LogP contribution in [0.1, 0.15) is 39.5 Å². The minimum atomic E-state index is -0.0116. The van der Waals surface area contributed by atoms with Gasteiger partial charge in [-0.15, -0.1) is 5.10 Å². The van der Waals surface area contributed by atoms with E-state index in [4.69, 9.17) is 5.73 Å². The summed E-state index contributed by atoms with van der Waals surface area (Å²) < 4.78 is 1.47. The van der Waals surface area contributed by atoms with Gasteiger partial charge in [-0.2, -0.15) is 0 Å². The van der Waals surface area contributed by atoms with E-state index < -0.39 is 0 Å². The maximum absolute atomic E-state index is 12.0. The predicted octanol–water partition coefficient (Wildman–Crippen LogP) is 1.19. The molecule has 1 fully saturated rings. The molecule has 0 radical (unpaired) electrons. The van der Waals surface area contributed by atoms with Crippen LogP contribution in [0, 0.1) is 11.8 Å². The molecule has 19 heavy (non-hydrogen) atoms. The number of nitrogens with zero attached hydrogens (tertiary/aromatic N) is 3. The summed E-state index contributed by atoms with van der Waals surface area (Å²) in [4.78, 5) is 15.8. The first kappa shape index (κ1) is 13.8. The van der Waals surface area contributed by atoms with Crippen molar-refractivity contribution in [3.63, 3.8) is 0 Å². The molecule has 0 bridgehead atoms. The molecule has 3 N–H and O–H groups in total. The second kappa shape index (κ2) is 6.04. The van der Waals surface area contributed by atoms with Crippen LogP contribution in [0.2, 0.25) is 0 Å². The Morgan fingerprint density at radius 1 is 1.53 bits per heavy atom. The number of aromatic nitrogens is 3. The quantitative estimate of drug-likeness (QED) is 0.856. The van der Waals surface area contributed by atoms with Gasteiger partial charge in [0.15, 0.2) is 0 Å². The molecule has 2 rings (SSSR count). The number of hydrogen-bond acceptors (Lipinski definition) is 4.